The highest BCUT2D eigenvalue weighted by atomic mass is 35.5. The van der Waals surface area contributed by atoms with E-state index in [2.05, 4.69) is 31.1 Å². The van der Waals surface area contributed by atoms with E-state index in [-0.39, 0.29) is 11.9 Å². The molecule has 12 heteroatoms. The molecule has 2 saturated heterocycles. The highest BCUT2D eigenvalue weighted by molar-refractivity contribution is 6.35. The number of hydrogen-bond donors (Lipinski definition) is 1. The van der Waals surface area contributed by atoms with Gasteiger partial charge in [-0.3, -0.25) is 19.4 Å². The van der Waals surface area contributed by atoms with Crippen molar-refractivity contribution in [2.75, 3.05) is 63.9 Å². The number of nitrogens with one attached hydrogen (secondary N) is 1. The van der Waals surface area contributed by atoms with Crippen LogP contribution in [0.1, 0.15) is 38.7 Å². The molecule has 0 spiro atoms. The molecule has 2 aliphatic heterocycles. The van der Waals surface area contributed by atoms with Crippen molar-refractivity contribution in [3.05, 3.63) is 64.3 Å². The normalized spacial score (nSPS) is 16.3. The number of nitrogens with zero attached hydrogens (tertiary/aromatic N) is 5. The fourth-order valence-electron chi connectivity index (χ4n) is 5.87. The topological polar surface area (TPSA) is 100 Å². The number of esters is 1. The predicted molar refractivity (Wildman–Crippen MR) is 181 cm³/mol. The van der Waals surface area contributed by atoms with E-state index in [1.54, 1.807) is 19.2 Å². The highest BCUT2D eigenvalue weighted by Gasteiger charge is 2.21. The molecule has 0 aliphatic carbocycles. The van der Waals surface area contributed by atoms with Crippen molar-refractivity contribution < 1.29 is 19.1 Å². The van der Waals surface area contributed by atoms with Crippen LogP contribution < -0.4 is 15.0 Å². The van der Waals surface area contributed by atoms with Crippen LogP contribution in [0, 0.1) is 5.92 Å². The molecule has 2 aromatic heterocycles. The molecule has 0 atom stereocenters. The molecule has 1 amide bonds. The SMILES string of the molecule is CCOC(=O)CCN1CCN(c2ccc(Oc3cc(CN4CCC(CNC(C)=O)CC4)cc(-c4cc(Cl)cc(Cl)c4)n3)cn2)CC1. The molecule has 0 saturated carbocycles. The van der Waals surface area contributed by atoms with Crippen molar-refractivity contribution in [2.45, 2.75) is 39.7 Å². The minimum Gasteiger partial charge on any atom is -0.466 e. The van der Waals surface area contributed by atoms with Crippen LogP contribution in [-0.2, 0) is 20.9 Å². The number of carbonyl (C=O) groups is 2. The molecular formula is C34H42Cl2N6O4. The first kappa shape index (κ1) is 33.9. The van der Waals surface area contributed by atoms with Gasteiger partial charge in [0.05, 0.1) is 24.9 Å². The number of anilines is 1. The molecule has 2 aliphatic rings. The Bertz CT molecular complexity index is 1450. The second kappa shape index (κ2) is 16.4. The maximum absolute atomic E-state index is 11.7. The largest absolute Gasteiger partial charge is 0.466 e. The number of pyridine rings is 2. The first-order valence-corrected chi connectivity index (χ1v) is 16.7. The minimum atomic E-state index is -0.148. The van der Waals surface area contributed by atoms with Crippen molar-refractivity contribution in [3.8, 4) is 22.9 Å². The maximum atomic E-state index is 11.7. The second-order valence-electron chi connectivity index (χ2n) is 11.9. The van der Waals surface area contributed by atoms with Crippen molar-refractivity contribution in [1.82, 2.24) is 25.1 Å². The molecule has 3 aromatic rings. The first-order valence-electron chi connectivity index (χ1n) is 15.9. The number of amides is 1. The first-order chi connectivity index (χ1) is 22.2. The lowest BCUT2D eigenvalue weighted by Gasteiger charge is -2.35. The lowest BCUT2D eigenvalue weighted by molar-refractivity contribution is -0.143. The molecule has 1 aromatic carbocycles. The van der Waals surface area contributed by atoms with Gasteiger partial charge in [0.2, 0.25) is 11.8 Å². The molecule has 2 fully saturated rings. The van der Waals surface area contributed by atoms with Crippen LogP contribution in [0.5, 0.6) is 11.6 Å². The van der Waals surface area contributed by atoms with E-state index >= 15 is 0 Å². The summed E-state index contributed by atoms with van der Waals surface area (Å²) in [5.41, 5.74) is 2.61. The van der Waals surface area contributed by atoms with Crippen LogP contribution >= 0.6 is 23.2 Å². The van der Waals surface area contributed by atoms with E-state index < -0.39 is 0 Å². The summed E-state index contributed by atoms with van der Waals surface area (Å²) >= 11 is 12.7. The van der Waals surface area contributed by atoms with Gasteiger partial charge in [-0.15, -0.1) is 0 Å². The maximum Gasteiger partial charge on any atom is 0.307 e. The lowest BCUT2D eigenvalue weighted by atomic mass is 9.96. The molecule has 10 nitrogen and oxygen atoms in total. The Labute approximate surface area is 281 Å². The zero-order chi connectivity index (χ0) is 32.5. The van der Waals surface area contributed by atoms with E-state index in [0.717, 1.165) is 87.8 Å². The van der Waals surface area contributed by atoms with Crippen molar-refractivity contribution >= 4 is 40.9 Å². The highest BCUT2D eigenvalue weighted by Crippen LogP contribution is 2.31. The number of carbonyl (C=O) groups excluding carboxylic acids is 2. The number of halogens is 2. The Morgan fingerprint density at radius 1 is 0.957 bits per heavy atom. The number of rotatable bonds is 12. The van der Waals surface area contributed by atoms with Crippen LogP contribution in [0.3, 0.4) is 0 Å². The van der Waals surface area contributed by atoms with E-state index in [9.17, 15) is 9.59 Å². The van der Waals surface area contributed by atoms with Gasteiger partial charge in [0.1, 0.15) is 11.6 Å². The minimum absolute atomic E-state index is 0.0208. The van der Waals surface area contributed by atoms with Crippen LogP contribution in [0.15, 0.2) is 48.7 Å². The molecule has 4 heterocycles. The van der Waals surface area contributed by atoms with Crippen LogP contribution in [-0.4, -0.2) is 90.6 Å². The van der Waals surface area contributed by atoms with Gasteiger partial charge in [-0.25, -0.2) is 9.97 Å². The third-order valence-corrected chi connectivity index (χ3v) is 8.79. The van der Waals surface area contributed by atoms with Gasteiger partial charge in [-0.05, 0) is 80.7 Å². The number of likely N-dealkylation sites (tertiary alicyclic amines) is 1. The summed E-state index contributed by atoms with van der Waals surface area (Å²) in [5, 5.41) is 4.03. The summed E-state index contributed by atoms with van der Waals surface area (Å²) in [6.45, 7) is 11.3. The zero-order valence-corrected chi connectivity index (χ0v) is 28.0. The Balaban J connectivity index is 1.24. The second-order valence-corrected chi connectivity index (χ2v) is 12.7. The Kier molecular flexibility index (Phi) is 12.1. The average Bonchev–Trinajstić information content (AvgIpc) is 3.04. The average molecular weight is 670 g/mol. The number of aromatic nitrogens is 2. The Hall–Kier alpha value is -3.44. The summed E-state index contributed by atoms with van der Waals surface area (Å²) in [7, 11) is 0. The van der Waals surface area contributed by atoms with Gasteiger partial charge < -0.3 is 19.7 Å². The molecule has 1 N–H and O–H groups in total. The lowest BCUT2D eigenvalue weighted by Crippen LogP contribution is -2.47. The van der Waals surface area contributed by atoms with Gasteiger partial charge in [-0.1, -0.05) is 23.2 Å². The van der Waals surface area contributed by atoms with E-state index in [0.29, 0.717) is 47.2 Å². The summed E-state index contributed by atoms with van der Waals surface area (Å²) in [6, 6.07) is 13.3. The van der Waals surface area contributed by atoms with Crippen LogP contribution in [0.25, 0.3) is 11.3 Å². The molecule has 5 rings (SSSR count). The molecule has 46 heavy (non-hydrogen) atoms. The number of ether oxygens (including phenoxy) is 2. The number of piperidine rings is 1. The molecule has 0 radical (unpaired) electrons. The van der Waals surface area contributed by atoms with Gasteiger partial charge in [-0.2, -0.15) is 0 Å². The van der Waals surface area contributed by atoms with Crippen LogP contribution in [0.4, 0.5) is 5.82 Å². The Morgan fingerprint density at radius 3 is 2.35 bits per heavy atom. The van der Waals surface area contributed by atoms with Gasteiger partial charge in [0.25, 0.3) is 0 Å². The van der Waals surface area contributed by atoms with Gasteiger partial charge in [0.15, 0.2) is 0 Å². The predicted octanol–water partition coefficient (Wildman–Crippen LogP) is 5.67. The number of piperazine rings is 1. The summed E-state index contributed by atoms with van der Waals surface area (Å²) < 4.78 is 11.3. The summed E-state index contributed by atoms with van der Waals surface area (Å²) in [4.78, 5) is 39.5. The smallest absolute Gasteiger partial charge is 0.307 e. The zero-order valence-electron chi connectivity index (χ0n) is 26.5. The van der Waals surface area contributed by atoms with Crippen molar-refractivity contribution in [2.24, 2.45) is 5.92 Å². The van der Waals surface area contributed by atoms with Crippen molar-refractivity contribution in [3.63, 3.8) is 0 Å². The quantitative estimate of drug-likeness (QED) is 0.245. The monoisotopic (exact) mass is 668 g/mol. The molecule has 246 valence electrons. The Morgan fingerprint density at radius 2 is 1.70 bits per heavy atom. The van der Waals surface area contributed by atoms with Gasteiger partial charge >= 0.3 is 5.97 Å². The van der Waals surface area contributed by atoms with E-state index in [1.165, 1.54) is 0 Å². The van der Waals surface area contributed by atoms with E-state index in [1.807, 2.05) is 37.3 Å². The van der Waals surface area contributed by atoms with Crippen molar-refractivity contribution in [1.29, 1.82) is 0 Å². The fraction of sp³-hybridized carbons (Fsp3) is 0.471. The number of hydrogen-bond acceptors (Lipinski definition) is 9. The molecule has 0 unspecified atom stereocenters. The summed E-state index contributed by atoms with van der Waals surface area (Å²) in [5.74, 6) is 2.31. The fourth-order valence-corrected chi connectivity index (χ4v) is 6.40. The van der Waals surface area contributed by atoms with E-state index in [4.69, 9.17) is 37.7 Å². The molecular weight excluding hydrogens is 627 g/mol. The van der Waals surface area contributed by atoms with Gasteiger partial charge in [0, 0.05) is 74.4 Å². The number of benzene rings is 1. The third-order valence-electron chi connectivity index (χ3n) is 8.35. The molecule has 0 bridgehead atoms. The third kappa shape index (κ3) is 10.0. The van der Waals surface area contributed by atoms with Crippen LogP contribution in [0.2, 0.25) is 10.0 Å². The standard InChI is InChI=1S/C34H42Cl2N6O4/c1-3-45-34(44)8-11-40-12-14-42(15-13-40)32-5-4-30(22-38-32)46-33-17-26(16-31(39-33)27-18-28(35)20-29(36)19-27)23-41-9-6-25(7-10-41)21-37-24(2)43/h4-5,16-20,22,25H,3,6-15,21,23H2,1-2H3,(H,37,43). The summed E-state index contributed by atoms with van der Waals surface area (Å²) in [6.07, 6.45) is 4.21.